The van der Waals surface area contributed by atoms with Crippen LogP contribution in [0.4, 0.5) is 0 Å². The first-order valence-electron chi connectivity index (χ1n) is 5.63. The third kappa shape index (κ3) is 3.08. The Morgan fingerprint density at radius 3 is 2.58 bits per heavy atom. The van der Waals surface area contributed by atoms with E-state index >= 15 is 0 Å². The number of nitrogens with zero attached hydrogens (tertiary/aromatic N) is 3. The fourth-order valence-electron chi connectivity index (χ4n) is 1.44. The van der Waals surface area contributed by atoms with E-state index in [0.29, 0.717) is 0 Å². The minimum absolute atomic E-state index is 0.719. The van der Waals surface area contributed by atoms with Crippen molar-refractivity contribution in [3.63, 3.8) is 0 Å². The largest absolute Gasteiger partial charge is 0.480 e. The van der Waals surface area contributed by atoms with E-state index in [0.717, 1.165) is 16.2 Å². The Balaban J connectivity index is 2.40. The fraction of sp³-hybridized carbons (Fsp3) is 0.231. The molecule has 98 valence electrons. The number of carbonyl (C=O) groups is 1. The lowest BCUT2D eigenvalue weighted by Crippen LogP contribution is -2.27. The number of aromatic nitrogens is 3. The van der Waals surface area contributed by atoms with Gasteiger partial charge in [0.2, 0.25) is 0 Å². The number of carboxylic acids is 1. The van der Waals surface area contributed by atoms with Crippen molar-refractivity contribution in [1.29, 1.82) is 0 Å². The molecule has 0 saturated heterocycles. The molecule has 0 atom stereocenters. The number of hydrogen-bond donors (Lipinski definition) is 1. The number of aliphatic carboxylic acids is 1. The van der Waals surface area contributed by atoms with Gasteiger partial charge in [-0.25, -0.2) is 9.97 Å². The maximum absolute atomic E-state index is 11.2. The molecule has 2 aromatic heterocycles. The molecule has 0 aliphatic heterocycles. The SMILES string of the molecule is CC(C)(Sc1cncnc1-c1ccncc1)C(=O)O. The minimum Gasteiger partial charge on any atom is -0.480 e. The second kappa shape index (κ2) is 5.36. The third-order valence-corrected chi connectivity index (χ3v) is 3.72. The highest BCUT2D eigenvalue weighted by molar-refractivity contribution is 8.01. The Hall–Kier alpha value is -1.95. The highest BCUT2D eigenvalue weighted by Gasteiger charge is 2.29. The Morgan fingerprint density at radius 1 is 1.26 bits per heavy atom. The van der Waals surface area contributed by atoms with Crippen LogP contribution in [0.25, 0.3) is 11.3 Å². The van der Waals surface area contributed by atoms with Crippen molar-refractivity contribution in [3.05, 3.63) is 37.1 Å². The first-order chi connectivity index (χ1) is 9.00. The van der Waals surface area contributed by atoms with Crippen LogP contribution < -0.4 is 0 Å². The first kappa shape index (κ1) is 13.5. The maximum atomic E-state index is 11.2. The van der Waals surface area contributed by atoms with Crippen molar-refractivity contribution in [2.75, 3.05) is 0 Å². The van der Waals surface area contributed by atoms with Crippen LogP contribution in [-0.4, -0.2) is 30.8 Å². The van der Waals surface area contributed by atoms with Crippen LogP contribution in [-0.2, 0) is 4.79 Å². The minimum atomic E-state index is -0.938. The predicted octanol–water partition coefficient (Wildman–Crippen LogP) is 2.49. The predicted molar refractivity (Wildman–Crippen MR) is 72.8 cm³/mol. The van der Waals surface area contributed by atoms with Crippen molar-refractivity contribution in [1.82, 2.24) is 15.0 Å². The van der Waals surface area contributed by atoms with E-state index in [9.17, 15) is 9.90 Å². The van der Waals surface area contributed by atoms with Crippen molar-refractivity contribution in [3.8, 4) is 11.3 Å². The summed E-state index contributed by atoms with van der Waals surface area (Å²) in [7, 11) is 0. The monoisotopic (exact) mass is 275 g/mol. The average molecular weight is 275 g/mol. The van der Waals surface area contributed by atoms with E-state index in [-0.39, 0.29) is 0 Å². The normalized spacial score (nSPS) is 11.3. The van der Waals surface area contributed by atoms with Gasteiger partial charge in [0.1, 0.15) is 11.1 Å². The summed E-state index contributed by atoms with van der Waals surface area (Å²) in [6.07, 6.45) is 6.44. The first-order valence-corrected chi connectivity index (χ1v) is 6.45. The van der Waals surface area contributed by atoms with E-state index < -0.39 is 10.7 Å². The Kier molecular flexibility index (Phi) is 3.80. The summed E-state index contributed by atoms with van der Waals surface area (Å²) < 4.78 is -0.938. The molecule has 0 saturated carbocycles. The number of carboxylic acid groups (broad SMARTS) is 1. The van der Waals surface area contributed by atoms with Gasteiger partial charge in [-0.15, -0.1) is 11.8 Å². The van der Waals surface area contributed by atoms with Crippen LogP contribution in [0.1, 0.15) is 13.8 Å². The van der Waals surface area contributed by atoms with Crippen molar-refractivity contribution >= 4 is 17.7 Å². The summed E-state index contributed by atoms with van der Waals surface area (Å²) in [5.41, 5.74) is 1.61. The lowest BCUT2D eigenvalue weighted by atomic mass is 10.2. The molecule has 0 amide bonds. The van der Waals surface area contributed by atoms with Gasteiger partial charge < -0.3 is 5.11 Å². The summed E-state index contributed by atoms with van der Waals surface area (Å²) in [6, 6.07) is 3.67. The van der Waals surface area contributed by atoms with Crippen molar-refractivity contribution in [2.45, 2.75) is 23.5 Å². The molecule has 2 heterocycles. The molecule has 0 bridgehead atoms. The number of hydrogen-bond acceptors (Lipinski definition) is 5. The summed E-state index contributed by atoms with van der Waals surface area (Å²) in [5.74, 6) is -0.873. The lowest BCUT2D eigenvalue weighted by molar-refractivity contribution is -0.138. The summed E-state index contributed by atoms with van der Waals surface area (Å²) in [4.78, 5) is 24.1. The van der Waals surface area contributed by atoms with Gasteiger partial charge in [0, 0.05) is 24.2 Å². The van der Waals surface area contributed by atoms with Gasteiger partial charge in [0.05, 0.1) is 10.6 Å². The Morgan fingerprint density at radius 2 is 1.95 bits per heavy atom. The molecule has 1 N–H and O–H groups in total. The van der Waals surface area contributed by atoms with Crippen LogP contribution >= 0.6 is 11.8 Å². The summed E-state index contributed by atoms with van der Waals surface area (Å²) in [6.45, 7) is 3.31. The van der Waals surface area contributed by atoms with Crippen molar-refractivity contribution < 1.29 is 9.90 Å². The number of thioether (sulfide) groups is 1. The number of pyridine rings is 1. The van der Waals surface area contributed by atoms with Crippen molar-refractivity contribution in [2.24, 2.45) is 0 Å². The van der Waals surface area contributed by atoms with E-state index in [1.54, 1.807) is 32.4 Å². The van der Waals surface area contributed by atoms with E-state index in [2.05, 4.69) is 15.0 Å². The molecule has 0 aliphatic rings. The molecular formula is C13H13N3O2S. The molecule has 2 aromatic rings. The topological polar surface area (TPSA) is 76.0 Å². The van der Waals surface area contributed by atoms with Gasteiger partial charge >= 0.3 is 5.97 Å². The molecule has 0 unspecified atom stereocenters. The second-order valence-electron chi connectivity index (χ2n) is 4.39. The molecule has 0 radical (unpaired) electrons. The Labute approximate surface area is 115 Å². The summed E-state index contributed by atoms with van der Waals surface area (Å²) >= 11 is 1.23. The van der Waals surface area contributed by atoms with Crippen LogP contribution in [0.15, 0.2) is 41.9 Å². The molecule has 0 aromatic carbocycles. The third-order valence-electron chi connectivity index (χ3n) is 2.51. The van der Waals surface area contributed by atoms with Gasteiger partial charge in [-0.3, -0.25) is 9.78 Å². The fourth-order valence-corrected chi connectivity index (χ4v) is 2.45. The zero-order chi connectivity index (χ0) is 13.9. The average Bonchev–Trinajstić information content (AvgIpc) is 2.40. The van der Waals surface area contributed by atoms with Gasteiger partial charge in [-0.1, -0.05) is 0 Å². The van der Waals surface area contributed by atoms with Crippen LogP contribution in [0, 0.1) is 0 Å². The molecule has 19 heavy (non-hydrogen) atoms. The van der Waals surface area contributed by atoms with E-state index in [1.165, 1.54) is 18.1 Å². The second-order valence-corrected chi connectivity index (χ2v) is 6.05. The standard InChI is InChI=1S/C13H13N3O2S/c1-13(2,12(17)18)19-10-7-15-8-16-11(10)9-3-5-14-6-4-9/h3-8H,1-2H3,(H,17,18). The highest BCUT2D eigenvalue weighted by atomic mass is 32.2. The molecule has 6 heteroatoms. The van der Waals surface area contributed by atoms with Gasteiger partial charge in [0.25, 0.3) is 0 Å². The molecule has 0 aliphatic carbocycles. The molecule has 0 spiro atoms. The van der Waals surface area contributed by atoms with Crippen LogP contribution in [0.3, 0.4) is 0 Å². The summed E-state index contributed by atoms with van der Waals surface area (Å²) in [5, 5.41) is 9.19. The maximum Gasteiger partial charge on any atom is 0.319 e. The highest BCUT2D eigenvalue weighted by Crippen LogP contribution is 2.37. The molecular weight excluding hydrogens is 262 g/mol. The number of rotatable bonds is 4. The quantitative estimate of drug-likeness (QED) is 0.864. The van der Waals surface area contributed by atoms with Gasteiger partial charge in [-0.05, 0) is 26.0 Å². The molecule has 0 fully saturated rings. The van der Waals surface area contributed by atoms with E-state index in [1.807, 2.05) is 12.1 Å². The lowest BCUT2D eigenvalue weighted by Gasteiger charge is -2.19. The Bertz CT molecular complexity index is 587. The zero-order valence-electron chi connectivity index (χ0n) is 10.6. The van der Waals surface area contributed by atoms with Crippen LogP contribution in [0.5, 0.6) is 0 Å². The molecule has 5 nitrogen and oxygen atoms in total. The van der Waals surface area contributed by atoms with Gasteiger partial charge in [0.15, 0.2) is 0 Å². The zero-order valence-corrected chi connectivity index (χ0v) is 11.4. The van der Waals surface area contributed by atoms with Crippen LogP contribution in [0.2, 0.25) is 0 Å². The molecule has 2 rings (SSSR count). The van der Waals surface area contributed by atoms with E-state index in [4.69, 9.17) is 0 Å². The smallest absolute Gasteiger partial charge is 0.319 e. The van der Waals surface area contributed by atoms with Gasteiger partial charge in [-0.2, -0.15) is 0 Å².